The lowest BCUT2D eigenvalue weighted by molar-refractivity contribution is -0.144. The van der Waals surface area contributed by atoms with Crippen molar-refractivity contribution in [3.05, 3.63) is 65.2 Å². The fraction of sp³-hybridized carbons (Fsp3) is 0.318. The first kappa shape index (κ1) is 17.4. The second-order valence-corrected chi connectivity index (χ2v) is 8.63. The lowest BCUT2D eigenvalue weighted by Gasteiger charge is -2.46. The third kappa shape index (κ3) is 3.07. The predicted octanol–water partition coefficient (Wildman–Crippen LogP) is 3.56. The van der Waals surface area contributed by atoms with E-state index in [9.17, 15) is 9.59 Å². The molecule has 2 aliphatic heterocycles. The molecule has 0 aliphatic carbocycles. The summed E-state index contributed by atoms with van der Waals surface area (Å²) in [4.78, 5) is 34.5. The zero-order valence-electron chi connectivity index (χ0n) is 15.5. The molecule has 2 aliphatic rings. The summed E-state index contributed by atoms with van der Waals surface area (Å²) < 4.78 is 1.00. The Labute approximate surface area is 167 Å². The minimum Gasteiger partial charge on any atom is -0.336 e. The van der Waals surface area contributed by atoms with Crippen molar-refractivity contribution < 1.29 is 9.59 Å². The van der Waals surface area contributed by atoms with Gasteiger partial charge in [-0.05, 0) is 36.5 Å². The summed E-state index contributed by atoms with van der Waals surface area (Å²) in [6.07, 6.45) is 1.70. The number of likely N-dealkylation sites (tertiary alicyclic amines) is 2. The molecule has 6 heteroatoms. The molecule has 1 aromatic heterocycles. The summed E-state index contributed by atoms with van der Waals surface area (Å²) in [5, 5.41) is 0.479. The quantitative estimate of drug-likeness (QED) is 0.686. The van der Waals surface area contributed by atoms with Gasteiger partial charge in [-0.1, -0.05) is 42.5 Å². The van der Waals surface area contributed by atoms with E-state index in [2.05, 4.69) is 4.98 Å². The molecule has 2 amide bonds. The maximum Gasteiger partial charge on any atom is 0.283 e. The van der Waals surface area contributed by atoms with E-state index in [1.54, 1.807) is 4.90 Å². The molecule has 28 heavy (non-hydrogen) atoms. The Morgan fingerprint density at radius 1 is 1.11 bits per heavy atom. The lowest BCUT2D eigenvalue weighted by atomic mass is 9.85. The molecule has 2 bridgehead atoms. The van der Waals surface area contributed by atoms with E-state index >= 15 is 0 Å². The van der Waals surface area contributed by atoms with Crippen molar-refractivity contribution in [1.29, 1.82) is 0 Å². The van der Waals surface area contributed by atoms with Crippen LogP contribution in [-0.2, 0) is 11.3 Å². The zero-order chi connectivity index (χ0) is 19.1. The Morgan fingerprint density at radius 2 is 1.89 bits per heavy atom. The lowest BCUT2D eigenvalue weighted by Crippen LogP contribution is -2.59. The Hall–Kier alpha value is -2.73. The average Bonchev–Trinajstić information content (AvgIpc) is 3.16. The number of hydrogen-bond acceptors (Lipinski definition) is 4. The van der Waals surface area contributed by atoms with Crippen molar-refractivity contribution in [2.45, 2.75) is 25.4 Å². The zero-order valence-corrected chi connectivity index (χ0v) is 16.3. The molecule has 0 radical (unpaired) electrons. The van der Waals surface area contributed by atoms with E-state index < -0.39 is 0 Å². The third-order valence-electron chi connectivity index (χ3n) is 5.74. The van der Waals surface area contributed by atoms with Crippen molar-refractivity contribution in [3.63, 3.8) is 0 Å². The van der Waals surface area contributed by atoms with Gasteiger partial charge >= 0.3 is 0 Å². The molecular weight excluding hydrogens is 370 g/mol. The van der Waals surface area contributed by atoms with Crippen LogP contribution in [0.15, 0.2) is 54.6 Å². The molecule has 3 aromatic rings. The number of benzene rings is 2. The van der Waals surface area contributed by atoms with Crippen LogP contribution in [0, 0.1) is 5.92 Å². The fourth-order valence-corrected chi connectivity index (χ4v) is 5.25. The number of piperidine rings is 2. The third-order valence-corrected chi connectivity index (χ3v) is 6.76. The van der Waals surface area contributed by atoms with Crippen LogP contribution in [0.4, 0.5) is 0 Å². The van der Waals surface area contributed by atoms with Gasteiger partial charge in [-0.25, -0.2) is 4.98 Å². The van der Waals surface area contributed by atoms with E-state index in [1.165, 1.54) is 11.3 Å². The molecule has 2 aromatic carbocycles. The van der Waals surface area contributed by atoms with Crippen LogP contribution in [0.3, 0.4) is 0 Å². The number of rotatable bonds is 3. The summed E-state index contributed by atoms with van der Waals surface area (Å²) in [7, 11) is 0. The van der Waals surface area contributed by atoms with Crippen molar-refractivity contribution in [1.82, 2.24) is 14.8 Å². The van der Waals surface area contributed by atoms with Crippen LogP contribution in [0.5, 0.6) is 0 Å². The summed E-state index contributed by atoms with van der Waals surface area (Å²) in [5.41, 5.74) is 1.96. The first-order valence-electron chi connectivity index (χ1n) is 9.68. The van der Waals surface area contributed by atoms with Gasteiger partial charge in [0, 0.05) is 19.6 Å². The Bertz CT molecular complexity index is 999. The molecule has 0 saturated carbocycles. The van der Waals surface area contributed by atoms with Crippen molar-refractivity contribution >= 4 is 33.4 Å². The fourth-order valence-electron chi connectivity index (χ4n) is 4.33. The van der Waals surface area contributed by atoms with Gasteiger partial charge in [-0.15, -0.1) is 11.3 Å². The van der Waals surface area contributed by atoms with E-state index in [-0.39, 0.29) is 17.9 Å². The van der Waals surface area contributed by atoms with Gasteiger partial charge in [0.1, 0.15) is 6.04 Å². The molecule has 2 fully saturated rings. The topological polar surface area (TPSA) is 53.5 Å². The maximum atomic E-state index is 13.2. The molecule has 0 N–H and O–H groups in total. The number of carbonyl (C=O) groups excluding carboxylic acids is 2. The molecule has 2 saturated heterocycles. The van der Waals surface area contributed by atoms with Gasteiger partial charge in [-0.3, -0.25) is 9.59 Å². The number of carbonyl (C=O) groups is 2. The van der Waals surface area contributed by atoms with Crippen molar-refractivity contribution in [3.8, 4) is 0 Å². The molecule has 5 rings (SSSR count). The number of aromatic nitrogens is 1. The molecule has 3 heterocycles. The summed E-state index contributed by atoms with van der Waals surface area (Å²) in [5.74, 6) is 0.416. The molecule has 2 atom stereocenters. The van der Waals surface area contributed by atoms with Crippen LogP contribution < -0.4 is 0 Å². The van der Waals surface area contributed by atoms with Crippen molar-refractivity contribution in [2.75, 3.05) is 13.1 Å². The smallest absolute Gasteiger partial charge is 0.283 e. The Balaban J connectivity index is 1.39. The van der Waals surface area contributed by atoms with E-state index in [1.807, 2.05) is 59.5 Å². The largest absolute Gasteiger partial charge is 0.336 e. The Morgan fingerprint density at radius 3 is 2.71 bits per heavy atom. The number of fused-ring (bicyclic) bond motifs is 3. The highest BCUT2D eigenvalue weighted by Gasteiger charge is 2.43. The summed E-state index contributed by atoms with van der Waals surface area (Å²) in [6.45, 7) is 2.03. The van der Waals surface area contributed by atoms with Crippen LogP contribution >= 0.6 is 11.3 Å². The number of amides is 2. The highest BCUT2D eigenvalue weighted by molar-refractivity contribution is 7.20. The van der Waals surface area contributed by atoms with Crippen LogP contribution in [-0.4, -0.2) is 45.7 Å². The minimum absolute atomic E-state index is 0.0641. The van der Waals surface area contributed by atoms with E-state index in [0.29, 0.717) is 24.0 Å². The molecule has 0 spiro atoms. The second-order valence-electron chi connectivity index (χ2n) is 7.60. The highest BCUT2D eigenvalue weighted by atomic mass is 32.1. The summed E-state index contributed by atoms with van der Waals surface area (Å²) >= 11 is 1.41. The van der Waals surface area contributed by atoms with Crippen molar-refractivity contribution in [2.24, 2.45) is 5.92 Å². The van der Waals surface area contributed by atoms with Gasteiger partial charge in [0.05, 0.1) is 10.2 Å². The molecule has 142 valence electrons. The minimum atomic E-state index is -0.365. The van der Waals surface area contributed by atoms with Gasteiger partial charge in [0.2, 0.25) is 5.91 Å². The van der Waals surface area contributed by atoms with Crippen LogP contribution in [0.2, 0.25) is 0 Å². The predicted molar refractivity (Wildman–Crippen MR) is 109 cm³/mol. The maximum absolute atomic E-state index is 13.2. The average molecular weight is 391 g/mol. The number of nitrogens with zero attached hydrogens (tertiary/aromatic N) is 3. The standard InChI is InChI=1S/C22H21N3O2S/c26-21-18-12-16(14-24(21)13-15-6-2-1-3-7-15)10-11-25(18)22(27)20-23-17-8-4-5-9-19(17)28-20/h1-9,16,18H,10-14H2/t16-,18+/m0/s1. The number of thiazole rings is 1. The normalized spacial score (nSPS) is 21.9. The van der Waals surface area contributed by atoms with Gasteiger partial charge in [0.25, 0.3) is 5.91 Å². The molecular formula is C22H21N3O2S. The van der Waals surface area contributed by atoms with E-state index in [0.717, 1.165) is 35.2 Å². The van der Waals surface area contributed by atoms with Crippen LogP contribution in [0.1, 0.15) is 28.2 Å². The highest BCUT2D eigenvalue weighted by Crippen LogP contribution is 2.33. The molecule has 0 unspecified atom stereocenters. The molecule has 5 nitrogen and oxygen atoms in total. The van der Waals surface area contributed by atoms with Gasteiger partial charge in [0.15, 0.2) is 5.01 Å². The second kappa shape index (κ2) is 7.02. The summed E-state index contributed by atoms with van der Waals surface area (Å²) in [6, 6.07) is 17.5. The SMILES string of the molecule is O=C1[C@H]2C[C@H](CCN2C(=O)c2nc3ccccc3s2)CN1Cc1ccccc1. The van der Waals surface area contributed by atoms with Gasteiger partial charge < -0.3 is 9.80 Å². The first-order chi connectivity index (χ1) is 13.7. The van der Waals surface area contributed by atoms with E-state index in [4.69, 9.17) is 0 Å². The Kier molecular flexibility index (Phi) is 4.36. The van der Waals surface area contributed by atoms with Crippen LogP contribution in [0.25, 0.3) is 10.2 Å². The number of hydrogen-bond donors (Lipinski definition) is 0. The number of para-hydroxylation sites is 1. The monoisotopic (exact) mass is 391 g/mol. The first-order valence-corrected chi connectivity index (χ1v) is 10.5. The van der Waals surface area contributed by atoms with Gasteiger partial charge in [-0.2, -0.15) is 0 Å².